The molecule has 184 valence electrons. The van der Waals surface area contributed by atoms with Crippen molar-refractivity contribution in [3.05, 3.63) is 59.5 Å². The van der Waals surface area contributed by atoms with Gasteiger partial charge in [0.2, 0.25) is 17.6 Å². The molecule has 35 heavy (non-hydrogen) atoms. The molecule has 4 rings (SSSR count). The molecular formula is C26H30N4O5. The van der Waals surface area contributed by atoms with Crippen LogP contribution in [0.1, 0.15) is 48.0 Å². The number of nitrogens with one attached hydrogen (secondary N) is 1. The molecule has 0 saturated carbocycles. The molecule has 0 bridgehead atoms. The number of hydrogen-bond donors (Lipinski definition) is 1. The van der Waals surface area contributed by atoms with Crippen LogP contribution in [0, 0.1) is 0 Å². The molecule has 1 N–H and O–H groups in total. The van der Waals surface area contributed by atoms with Gasteiger partial charge in [0.15, 0.2) is 0 Å². The van der Waals surface area contributed by atoms with Gasteiger partial charge in [-0.1, -0.05) is 43.3 Å². The number of benzene rings is 2. The first kappa shape index (κ1) is 24.4. The van der Waals surface area contributed by atoms with Crippen LogP contribution in [-0.2, 0) is 20.7 Å². The zero-order valence-corrected chi connectivity index (χ0v) is 20.2. The van der Waals surface area contributed by atoms with E-state index < -0.39 is 5.97 Å². The highest BCUT2D eigenvalue weighted by molar-refractivity contribution is 6.02. The van der Waals surface area contributed by atoms with Crippen molar-refractivity contribution in [2.75, 3.05) is 43.6 Å². The Morgan fingerprint density at radius 3 is 2.54 bits per heavy atom. The largest absolute Gasteiger partial charge is 0.465 e. The number of rotatable bonds is 8. The molecule has 0 unspecified atom stereocenters. The van der Waals surface area contributed by atoms with E-state index >= 15 is 0 Å². The van der Waals surface area contributed by atoms with Crippen LogP contribution < -0.4 is 10.2 Å². The number of carbonyl (C=O) groups excluding carboxylic acids is 2. The van der Waals surface area contributed by atoms with Gasteiger partial charge in [-0.05, 0) is 29.7 Å². The third-order valence-corrected chi connectivity index (χ3v) is 5.93. The summed E-state index contributed by atoms with van der Waals surface area (Å²) in [5, 5.41) is 6.84. The van der Waals surface area contributed by atoms with Crippen molar-refractivity contribution in [2.45, 2.75) is 32.6 Å². The summed E-state index contributed by atoms with van der Waals surface area (Å²) in [5.41, 5.74) is 3.67. The number of aryl methyl sites for hydroxylation is 1. The first-order valence-corrected chi connectivity index (χ1v) is 11.7. The Morgan fingerprint density at radius 1 is 1.11 bits per heavy atom. The number of carbonyl (C=O) groups is 2. The summed E-state index contributed by atoms with van der Waals surface area (Å²) >= 11 is 0. The fourth-order valence-corrected chi connectivity index (χ4v) is 3.86. The van der Waals surface area contributed by atoms with Gasteiger partial charge in [-0.25, -0.2) is 4.79 Å². The maximum absolute atomic E-state index is 12.6. The highest BCUT2D eigenvalue weighted by Gasteiger charge is 2.19. The zero-order chi connectivity index (χ0) is 24.8. The van der Waals surface area contributed by atoms with Crippen LogP contribution in [-0.4, -0.2) is 55.4 Å². The number of nitrogens with zero attached hydrogens (tertiary/aromatic N) is 3. The molecule has 0 spiro atoms. The van der Waals surface area contributed by atoms with Crippen LogP contribution in [0.3, 0.4) is 0 Å². The van der Waals surface area contributed by atoms with Crippen LogP contribution in [0.25, 0.3) is 11.4 Å². The number of esters is 1. The van der Waals surface area contributed by atoms with Gasteiger partial charge in [-0.15, -0.1) is 0 Å². The second-order valence-electron chi connectivity index (χ2n) is 8.66. The summed E-state index contributed by atoms with van der Waals surface area (Å²) in [4.78, 5) is 31.5. The third-order valence-electron chi connectivity index (χ3n) is 5.93. The van der Waals surface area contributed by atoms with Crippen molar-refractivity contribution < 1.29 is 23.6 Å². The monoisotopic (exact) mass is 478 g/mol. The summed E-state index contributed by atoms with van der Waals surface area (Å²) in [6, 6.07) is 13.4. The third kappa shape index (κ3) is 6.05. The van der Waals surface area contributed by atoms with E-state index in [1.54, 1.807) is 12.1 Å². The fourth-order valence-electron chi connectivity index (χ4n) is 3.86. The lowest BCUT2D eigenvalue weighted by molar-refractivity contribution is -0.116. The summed E-state index contributed by atoms with van der Waals surface area (Å²) in [7, 11) is 1.32. The molecule has 9 heteroatoms. The number of amides is 1. The van der Waals surface area contributed by atoms with Crippen molar-refractivity contribution in [1.82, 2.24) is 10.1 Å². The van der Waals surface area contributed by atoms with Gasteiger partial charge in [0.25, 0.3) is 0 Å². The Labute approximate surface area is 204 Å². The summed E-state index contributed by atoms with van der Waals surface area (Å²) < 4.78 is 15.6. The zero-order valence-electron chi connectivity index (χ0n) is 20.2. The van der Waals surface area contributed by atoms with E-state index in [1.165, 1.54) is 12.7 Å². The van der Waals surface area contributed by atoms with Gasteiger partial charge in [0.05, 0.1) is 31.6 Å². The van der Waals surface area contributed by atoms with Gasteiger partial charge < -0.3 is 24.2 Å². The van der Waals surface area contributed by atoms with E-state index in [4.69, 9.17) is 14.0 Å². The number of morpholine rings is 1. The molecule has 1 saturated heterocycles. The normalized spacial score (nSPS) is 13.7. The van der Waals surface area contributed by atoms with Gasteiger partial charge in [0.1, 0.15) is 0 Å². The van der Waals surface area contributed by atoms with E-state index in [0.29, 0.717) is 42.1 Å². The number of hydrogen-bond acceptors (Lipinski definition) is 8. The molecule has 0 radical (unpaired) electrons. The van der Waals surface area contributed by atoms with Crippen LogP contribution in [0.2, 0.25) is 0 Å². The SMILES string of the molecule is COC(=O)c1cc(N2CCOCC2)ccc1NC(=O)CCc1nc(-c2ccc(C(C)C)cc2)no1. The van der Waals surface area contributed by atoms with Crippen LogP contribution in [0.5, 0.6) is 0 Å². The highest BCUT2D eigenvalue weighted by Crippen LogP contribution is 2.26. The Kier molecular flexibility index (Phi) is 7.77. The minimum Gasteiger partial charge on any atom is -0.465 e. The highest BCUT2D eigenvalue weighted by atomic mass is 16.5. The predicted octanol–water partition coefficient (Wildman–Crippen LogP) is 4.05. The second kappa shape index (κ2) is 11.1. The van der Waals surface area contributed by atoms with Crippen LogP contribution >= 0.6 is 0 Å². The Balaban J connectivity index is 1.39. The quantitative estimate of drug-likeness (QED) is 0.483. The van der Waals surface area contributed by atoms with Crippen molar-refractivity contribution in [3.63, 3.8) is 0 Å². The van der Waals surface area contributed by atoms with Gasteiger partial charge in [0, 0.05) is 37.2 Å². The molecular weight excluding hydrogens is 448 g/mol. The van der Waals surface area contributed by atoms with E-state index in [2.05, 4.69) is 34.2 Å². The van der Waals surface area contributed by atoms with Gasteiger partial charge in [-0.3, -0.25) is 4.79 Å². The van der Waals surface area contributed by atoms with Gasteiger partial charge in [-0.2, -0.15) is 4.98 Å². The standard InChI is InChI=1S/C26H30N4O5/c1-17(2)18-4-6-19(7-5-18)25-28-24(35-29-25)11-10-23(31)27-22-9-8-20(16-21(22)26(32)33-3)30-12-14-34-15-13-30/h4-9,16-17H,10-15H2,1-3H3,(H,27,31). The fraction of sp³-hybridized carbons (Fsp3) is 0.385. The predicted molar refractivity (Wildman–Crippen MR) is 132 cm³/mol. The Hall–Kier alpha value is -3.72. The molecule has 1 aliphatic rings. The van der Waals surface area contributed by atoms with Crippen molar-refractivity contribution >= 4 is 23.3 Å². The topological polar surface area (TPSA) is 107 Å². The molecule has 1 aromatic heterocycles. The lowest BCUT2D eigenvalue weighted by Crippen LogP contribution is -2.36. The molecule has 1 fully saturated rings. The molecule has 1 aliphatic heterocycles. The smallest absolute Gasteiger partial charge is 0.340 e. The number of aromatic nitrogens is 2. The summed E-state index contributed by atoms with van der Waals surface area (Å²) in [6.07, 6.45) is 0.405. The summed E-state index contributed by atoms with van der Waals surface area (Å²) in [5.74, 6) is 0.524. The van der Waals surface area contributed by atoms with Crippen molar-refractivity contribution in [3.8, 4) is 11.4 Å². The molecule has 9 nitrogen and oxygen atoms in total. The molecule has 2 aromatic carbocycles. The van der Waals surface area contributed by atoms with Crippen LogP contribution in [0.4, 0.5) is 11.4 Å². The number of anilines is 2. The molecule has 0 aliphatic carbocycles. The van der Waals surface area contributed by atoms with E-state index in [0.717, 1.165) is 24.3 Å². The second-order valence-corrected chi connectivity index (χ2v) is 8.66. The van der Waals surface area contributed by atoms with E-state index in [-0.39, 0.29) is 18.7 Å². The average Bonchev–Trinajstić information content (AvgIpc) is 3.37. The maximum atomic E-state index is 12.6. The first-order valence-electron chi connectivity index (χ1n) is 11.7. The molecule has 1 amide bonds. The van der Waals surface area contributed by atoms with Crippen molar-refractivity contribution in [2.24, 2.45) is 0 Å². The Bertz CT molecular complexity index is 1170. The molecule has 0 atom stereocenters. The average molecular weight is 479 g/mol. The summed E-state index contributed by atoms with van der Waals surface area (Å²) in [6.45, 7) is 7.01. The maximum Gasteiger partial charge on any atom is 0.340 e. The van der Waals surface area contributed by atoms with Crippen LogP contribution in [0.15, 0.2) is 47.0 Å². The lowest BCUT2D eigenvalue weighted by Gasteiger charge is -2.29. The lowest BCUT2D eigenvalue weighted by atomic mass is 10.0. The number of ether oxygens (including phenoxy) is 2. The van der Waals surface area contributed by atoms with Crippen molar-refractivity contribution in [1.29, 1.82) is 0 Å². The minimum atomic E-state index is -0.513. The van der Waals surface area contributed by atoms with E-state index in [1.807, 2.05) is 30.3 Å². The first-order chi connectivity index (χ1) is 16.9. The number of methoxy groups -OCH3 is 1. The minimum absolute atomic E-state index is 0.125. The van der Waals surface area contributed by atoms with Gasteiger partial charge >= 0.3 is 5.97 Å². The molecule has 2 heterocycles. The Morgan fingerprint density at radius 2 is 1.86 bits per heavy atom. The van der Waals surface area contributed by atoms with E-state index in [9.17, 15) is 9.59 Å². The molecule has 3 aromatic rings.